The summed E-state index contributed by atoms with van der Waals surface area (Å²) >= 11 is 0. The van der Waals surface area contributed by atoms with E-state index in [-0.39, 0.29) is 12.1 Å². The highest BCUT2D eigenvalue weighted by Gasteiger charge is 2.30. The standard InChI is InChI=1S/C22H32N4O2.C2H7N/c1-22(2,3)28-21(27)24-18-8-6-12-26(16-18)19-10-13-25(14-11-19)20-9-5-4-7-17(20)15-23;1-3-2/h4-5,7,9,18-19H,6,8,10-14,16H2,1-3H3,(H,24,27);3H,1-2H3. The number of hydrogen-bond donors (Lipinski definition) is 2. The van der Waals surface area contributed by atoms with Crippen LogP contribution in [0.5, 0.6) is 0 Å². The van der Waals surface area contributed by atoms with Crippen LogP contribution in [0.3, 0.4) is 0 Å². The predicted octanol–water partition coefficient (Wildman–Crippen LogP) is 3.35. The zero-order valence-corrected chi connectivity index (χ0v) is 19.8. The Kier molecular flexibility index (Phi) is 9.60. The fourth-order valence-corrected chi connectivity index (χ4v) is 4.25. The van der Waals surface area contributed by atoms with E-state index in [1.54, 1.807) is 0 Å². The fourth-order valence-electron chi connectivity index (χ4n) is 4.25. The third-order valence-electron chi connectivity index (χ3n) is 5.52. The Morgan fingerprint density at radius 2 is 1.77 bits per heavy atom. The maximum Gasteiger partial charge on any atom is 0.407 e. The molecule has 1 aromatic rings. The first-order valence-corrected chi connectivity index (χ1v) is 11.3. The molecule has 2 fully saturated rings. The van der Waals surface area contributed by atoms with Gasteiger partial charge < -0.3 is 20.3 Å². The highest BCUT2D eigenvalue weighted by molar-refractivity contribution is 5.68. The van der Waals surface area contributed by atoms with E-state index in [4.69, 9.17) is 4.74 Å². The largest absolute Gasteiger partial charge is 0.444 e. The molecule has 0 aromatic heterocycles. The summed E-state index contributed by atoms with van der Waals surface area (Å²) in [5.41, 5.74) is 1.33. The smallest absolute Gasteiger partial charge is 0.407 e. The molecule has 0 bridgehead atoms. The first-order valence-electron chi connectivity index (χ1n) is 11.3. The van der Waals surface area contributed by atoms with E-state index in [0.29, 0.717) is 6.04 Å². The summed E-state index contributed by atoms with van der Waals surface area (Å²) < 4.78 is 5.40. The van der Waals surface area contributed by atoms with E-state index in [2.05, 4.69) is 26.5 Å². The van der Waals surface area contributed by atoms with Gasteiger partial charge in [0.25, 0.3) is 0 Å². The van der Waals surface area contributed by atoms with Crippen molar-refractivity contribution in [2.45, 2.75) is 64.1 Å². The van der Waals surface area contributed by atoms with Crippen LogP contribution >= 0.6 is 0 Å². The van der Waals surface area contributed by atoms with Crippen LogP contribution in [0.4, 0.5) is 10.5 Å². The molecule has 2 aliphatic rings. The molecule has 31 heavy (non-hydrogen) atoms. The molecular formula is C24H39N5O2. The molecule has 1 atom stereocenters. The highest BCUT2D eigenvalue weighted by Crippen LogP contribution is 2.27. The molecule has 3 rings (SSSR count). The van der Waals surface area contributed by atoms with E-state index >= 15 is 0 Å². The molecule has 0 radical (unpaired) electrons. The lowest BCUT2D eigenvalue weighted by Crippen LogP contribution is -2.54. The topological polar surface area (TPSA) is 80.6 Å². The zero-order valence-electron chi connectivity index (χ0n) is 19.8. The summed E-state index contributed by atoms with van der Waals surface area (Å²) in [5.74, 6) is 0. The number of nitriles is 1. The van der Waals surface area contributed by atoms with E-state index in [0.717, 1.165) is 63.1 Å². The number of para-hydroxylation sites is 1. The summed E-state index contributed by atoms with van der Waals surface area (Å²) in [7, 11) is 3.75. The van der Waals surface area contributed by atoms with E-state index < -0.39 is 5.60 Å². The number of benzene rings is 1. The van der Waals surface area contributed by atoms with Gasteiger partial charge in [-0.15, -0.1) is 0 Å². The number of nitrogens with zero attached hydrogens (tertiary/aromatic N) is 3. The SMILES string of the molecule is CC(C)(C)OC(=O)NC1CCCN(C2CCN(c3ccccc3C#N)CC2)C1.CNC. The average molecular weight is 430 g/mol. The number of nitrogens with one attached hydrogen (secondary N) is 2. The zero-order chi connectivity index (χ0) is 22.9. The number of piperidine rings is 2. The average Bonchev–Trinajstić information content (AvgIpc) is 2.73. The quantitative estimate of drug-likeness (QED) is 0.767. The third-order valence-corrected chi connectivity index (χ3v) is 5.52. The van der Waals surface area contributed by atoms with Crippen LogP contribution in [0.2, 0.25) is 0 Å². The van der Waals surface area contributed by atoms with Crippen LogP contribution in [0.1, 0.15) is 52.0 Å². The molecule has 0 spiro atoms. The Balaban J connectivity index is 0.00000107. The Hall–Kier alpha value is -2.30. The molecule has 1 amide bonds. The molecule has 0 saturated carbocycles. The van der Waals surface area contributed by atoms with Crippen molar-refractivity contribution in [2.24, 2.45) is 0 Å². The minimum absolute atomic E-state index is 0.154. The van der Waals surface area contributed by atoms with Crippen molar-refractivity contribution in [1.29, 1.82) is 5.26 Å². The number of alkyl carbamates (subject to hydrolysis) is 1. The maximum absolute atomic E-state index is 12.1. The van der Waals surface area contributed by atoms with Gasteiger partial charge in [0.05, 0.1) is 11.3 Å². The number of hydrogen-bond acceptors (Lipinski definition) is 6. The van der Waals surface area contributed by atoms with Gasteiger partial charge in [0.15, 0.2) is 0 Å². The van der Waals surface area contributed by atoms with Gasteiger partial charge in [-0.05, 0) is 79.2 Å². The van der Waals surface area contributed by atoms with Crippen LogP contribution in [-0.4, -0.2) is 69.0 Å². The Morgan fingerprint density at radius 1 is 1.13 bits per heavy atom. The number of carbonyl (C=O) groups excluding carboxylic acids is 1. The predicted molar refractivity (Wildman–Crippen MR) is 125 cm³/mol. The molecule has 1 aromatic carbocycles. The summed E-state index contributed by atoms with van der Waals surface area (Å²) in [5, 5.41) is 15.1. The highest BCUT2D eigenvalue weighted by atomic mass is 16.6. The number of rotatable bonds is 3. The second-order valence-electron chi connectivity index (χ2n) is 9.33. The molecule has 0 aliphatic carbocycles. The van der Waals surface area contributed by atoms with Crippen LogP contribution in [-0.2, 0) is 4.74 Å². The molecule has 2 heterocycles. The maximum atomic E-state index is 12.1. The van der Waals surface area contributed by atoms with Gasteiger partial charge in [-0.2, -0.15) is 5.26 Å². The van der Waals surface area contributed by atoms with Crippen molar-refractivity contribution >= 4 is 11.8 Å². The number of anilines is 1. The van der Waals surface area contributed by atoms with Gasteiger partial charge in [-0.25, -0.2) is 4.79 Å². The molecule has 7 nitrogen and oxygen atoms in total. The summed E-state index contributed by atoms with van der Waals surface area (Å²) in [6, 6.07) is 10.8. The minimum Gasteiger partial charge on any atom is -0.444 e. The van der Waals surface area contributed by atoms with E-state index in [1.165, 1.54) is 0 Å². The molecular weight excluding hydrogens is 390 g/mol. The second-order valence-corrected chi connectivity index (χ2v) is 9.33. The summed E-state index contributed by atoms with van der Waals surface area (Å²) in [6.07, 6.45) is 3.95. The van der Waals surface area contributed by atoms with Crippen molar-refractivity contribution in [1.82, 2.24) is 15.5 Å². The van der Waals surface area contributed by atoms with Gasteiger partial charge in [0.2, 0.25) is 0 Å². The third kappa shape index (κ3) is 8.04. The summed E-state index contributed by atoms with van der Waals surface area (Å²) in [6.45, 7) is 9.56. The lowest BCUT2D eigenvalue weighted by molar-refractivity contribution is 0.0447. The van der Waals surface area contributed by atoms with Crippen molar-refractivity contribution in [3.63, 3.8) is 0 Å². The Bertz CT molecular complexity index is 732. The first kappa shape index (κ1) is 25.0. The van der Waals surface area contributed by atoms with Gasteiger partial charge in [-0.3, -0.25) is 4.90 Å². The normalized spacial score (nSPS) is 20.3. The van der Waals surface area contributed by atoms with Crippen molar-refractivity contribution < 1.29 is 9.53 Å². The second kappa shape index (κ2) is 11.9. The number of amides is 1. The lowest BCUT2D eigenvalue weighted by Gasteiger charge is -2.43. The van der Waals surface area contributed by atoms with Crippen molar-refractivity contribution in [3.05, 3.63) is 29.8 Å². The van der Waals surface area contributed by atoms with Gasteiger partial charge in [0.1, 0.15) is 11.7 Å². The van der Waals surface area contributed by atoms with Crippen LogP contribution in [0, 0.1) is 11.3 Å². The van der Waals surface area contributed by atoms with E-state index in [9.17, 15) is 10.1 Å². The van der Waals surface area contributed by atoms with Crippen molar-refractivity contribution in [3.8, 4) is 6.07 Å². The number of carbonyl (C=O) groups is 1. The summed E-state index contributed by atoms with van der Waals surface area (Å²) in [4.78, 5) is 16.9. The van der Waals surface area contributed by atoms with Crippen LogP contribution < -0.4 is 15.5 Å². The fraction of sp³-hybridized carbons (Fsp3) is 0.667. The number of ether oxygens (including phenoxy) is 1. The van der Waals surface area contributed by atoms with Gasteiger partial charge >= 0.3 is 6.09 Å². The van der Waals surface area contributed by atoms with Gasteiger partial charge in [0, 0.05) is 31.7 Å². The van der Waals surface area contributed by atoms with E-state index in [1.807, 2.05) is 59.1 Å². The Morgan fingerprint density at radius 3 is 2.39 bits per heavy atom. The minimum atomic E-state index is -0.467. The molecule has 172 valence electrons. The molecule has 2 N–H and O–H groups in total. The van der Waals surface area contributed by atoms with Crippen LogP contribution in [0.25, 0.3) is 0 Å². The number of likely N-dealkylation sites (tertiary alicyclic amines) is 1. The molecule has 1 unspecified atom stereocenters. The van der Waals surface area contributed by atoms with Gasteiger partial charge in [-0.1, -0.05) is 12.1 Å². The van der Waals surface area contributed by atoms with Crippen LogP contribution in [0.15, 0.2) is 24.3 Å². The first-order chi connectivity index (χ1) is 14.8. The monoisotopic (exact) mass is 429 g/mol. The molecule has 2 saturated heterocycles. The molecule has 7 heteroatoms. The Labute approximate surface area is 187 Å². The lowest BCUT2D eigenvalue weighted by atomic mass is 9.97. The van der Waals surface area contributed by atoms with Crippen molar-refractivity contribution in [2.75, 3.05) is 45.2 Å². The molecule has 2 aliphatic heterocycles.